The molecule has 0 bridgehead atoms. The molecule has 0 aromatic heterocycles. The van der Waals surface area contributed by atoms with Gasteiger partial charge in [-0.25, -0.2) is 0 Å². The Morgan fingerprint density at radius 1 is 1.04 bits per heavy atom. The van der Waals surface area contributed by atoms with Crippen LogP contribution in [0, 0.1) is 0 Å². The molecule has 0 atom stereocenters. The normalized spacial score (nSPS) is 11.1. The molecule has 1 N–H and O–H groups in total. The maximum Gasteiger partial charge on any atom is 0.162 e. The number of nitrogens with one attached hydrogen (secondary N) is 1. The summed E-state index contributed by atoms with van der Waals surface area (Å²) in [4.78, 5) is 2.39. The van der Waals surface area contributed by atoms with Gasteiger partial charge in [-0.15, -0.1) is 0 Å². The molecular formula is C21H27BrCl2N2O2. The van der Waals surface area contributed by atoms with E-state index in [1.165, 1.54) is 0 Å². The number of rotatable bonds is 11. The lowest BCUT2D eigenvalue weighted by atomic mass is 10.2. The van der Waals surface area contributed by atoms with Crippen LogP contribution in [0.4, 0.5) is 0 Å². The highest BCUT2D eigenvalue weighted by molar-refractivity contribution is 9.10. The third-order valence-electron chi connectivity index (χ3n) is 4.55. The third-order valence-corrected chi connectivity index (χ3v) is 5.87. The molecule has 0 heterocycles. The summed E-state index contributed by atoms with van der Waals surface area (Å²) in [7, 11) is 1.64. The lowest BCUT2D eigenvalue weighted by Gasteiger charge is -2.18. The molecule has 28 heavy (non-hydrogen) atoms. The number of likely N-dealkylation sites (N-methyl/N-ethyl adjacent to an activating group) is 1. The SMILES string of the molecule is CCN(CC)CCNCc1cc(OC)c(OCc2ccc(Cl)cc2Cl)cc1Br. The fraction of sp³-hybridized carbons (Fsp3) is 0.429. The largest absolute Gasteiger partial charge is 0.493 e. The maximum atomic E-state index is 6.22. The Kier molecular flexibility index (Phi) is 9.89. The van der Waals surface area contributed by atoms with Gasteiger partial charge in [0.2, 0.25) is 0 Å². The van der Waals surface area contributed by atoms with Gasteiger partial charge in [-0.2, -0.15) is 0 Å². The molecule has 154 valence electrons. The number of nitrogens with zero attached hydrogens (tertiary/aromatic N) is 1. The Morgan fingerprint density at radius 3 is 2.43 bits per heavy atom. The highest BCUT2D eigenvalue weighted by Crippen LogP contribution is 2.34. The molecule has 0 spiro atoms. The fourth-order valence-electron chi connectivity index (χ4n) is 2.78. The molecule has 0 unspecified atom stereocenters. The van der Waals surface area contributed by atoms with E-state index in [1.54, 1.807) is 19.2 Å². The first kappa shape index (κ1) is 23.3. The van der Waals surface area contributed by atoms with Crippen molar-refractivity contribution < 1.29 is 9.47 Å². The van der Waals surface area contributed by atoms with Crippen molar-refractivity contribution in [2.45, 2.75) is 27.0 Å². The summed E-state index contributed by atoms with van der Waals surface area (Å²) in [5.74, 6) is 1.35. The van der Waals surface area contributed by atoms with Crippen molar-refractivity contribution in [1.82, 2.24) is 10.2 Å². The quantitative estimate of drug-likeness (QED) is 0.406. The number of ether oxygens (including phenoxy) is 2. The molecule has 2 aromatic carbocycles. The third kappa shape index (κ3) is 6.82. The van der Waals surface area contributed by atoms with Crippen LogP contribution in [0.5, 0.6) is 11.5 Å². The van der Waals surface area contributed by atoms with E-state index in [0.29, 0.717) is 28.2 Å². The van der Waals surface area contributed by atoms with E-state index in [9.17, 15) is 0 Å². The molecule has 0 aliphatic rings. The number of halogens is 3. The van der Waals surface area contributed by atoms with E-state index in [2.05, 4.69) is 40.0 Å². The van der Waals surface area contributed by atoms with Crippen molar-refractivity contribution in [3.63, 3.8) is 0 Å². The first-order chi connectivity index (χ1) is 13.5. The van der Waals surface area contributed by atoms with E-state index in [0.717, 1.165) is 48.3 Å². The predicted molar refractivity (Wildman–Crippen MR) is 121 cm³/mol. The van der Waals surface area contributed by atoms with E-state index >= 15 is 0 Å². The average Bonchev–Trinajstić information content (AvgIpc) is 2.68. The molecular weight excluding hydrogens is 463 g/mol. The zero-order valence-corrected chi connectivity index (χ0v) is 19.6. The fourth-order valence-corrected chi connectivity index (χ4v) is 3.70. The summed E-state index contributed by atoms with van der Waals surface area (Å²) in [6.07, 6.45) is 0. The Labute approximate surface area is 186 Å². The monoisotopic (exact) mass is 488 g/mol. The number of methoxy groups -OCH3 is 1. The standard InChI is InChI=1S/C21H27BrCl2N2O2/c1-4-26(5-2)9-8-25-13-16-10-20(27-3)21(12-18(16)22)28-14-15-6-7-17(23)11-19(15)24/h6-7,10-12,25H,4-5,8-9,13-14H2,1-3H3. The molecule has 4 nitrogen and oxygen atoms in total. The van der Waals surface area contributed by atoms with Crippen LogP contribution in [0.3, 0.4) is 0 Å². The Hall–Kier alpha value is -0.980. The van der Waals surface area contributed by atoms with Gasteiger partial charge in [0, 0.05) is 39.7 Å². The van der Waals surface area contributed by atoms with Crippen molar-refractivity contribution in [3.05, 3.63) is 56.0 Å². The van der Waals surface area contributed by atoms with Gasteiger partial charge < -0.3 is 19.7 Å². The summed E-state index contributed by atoms with van der Waals surface area (Å²) < 4.78 is 12.4. The van der Waals surface area contributed by atoms with Crippen LogP contribution in [-0.4, -0.2) is 38.2 Å². The zero-order valence-electron chi connectivity index (χ0n) is 16.5. The molecule has 0 saturated heterocycles. The summed E-state index contributed by atoms with van der Waals surface area (Å²) in [5.41, 5.74) is 1.99. The second kappa shape index (κ2) is 11.9. The minimum Gasteiger partial charge on any atom is -0.493 e. The van der Waals surface area contributed by atoms with Crippen LogP contribution in [-0.2, 0) is 13.2 Å². The van der Waals surface area contributed by atoms with Crippen molar-refractivity contribution in [2.24, 2.45) is 0 Å². The van der Waals surface area contributed by atoms with Crippen LogP contribution in [0.25, 0.3) is 0 Å². The Bertz CT molecular complexity index is 770. The molecule has 2 aromatic rings. The van der Waals surface area contributed by atoms with Gasteiger partial charge in [-0.05, 0) is 42.9 Å². The maximum absolute atomic E-state index is 6.22. The lowest BCUT2D eigenvalue weighted by Crippen LogP contribution is -2.31. The molecule has 0 saturated carbocycles. The van der Waals surface area contributed by atoms with Crippen LogP contribution in [0.15, 0.2) is 34.8 Å². The van der Waals surface area contributed by atoms with Gasteiger partial charge in [-0.3, -0.25) is 0 Å². The minimum absolute atomic E-state index is 0.334. The van der Waals surface area contributed by atoms with Gasteiger partial charge >= 0.3 is 0 Å². The summed E-state index contributed by atoms with van der Waals surface area (Å²) in [6, 6.07) is 9.30. The molecule has 2 rings (SSSR count). The highest BCUT2D eigenvalue weighted by atomic mass is 79.9. The van der Waals surface area contributed by atoms with Crippen molar-refractivity contribution in [3.8, 4) is 11.5 Å². The van der Waals surface area contributed by atoms with E-state index < -0.39 is 0 Å². The Balaban J connectivity index is 2.00. The summed E-state index contributed by atoms with van der Waals surface area (Å²) in [5, 5.41) is 4.67. The van der Waals surface area contributed by atoms with E-state index in [4.69, 9.17) is 32.7 Å². The number of hydrogen-bond donors (Lipinski definition) is 1. The molecule has 0 aliphatic heterocycles. The molecule has 0 fully saturated rings. The molecule has 0 amide bonds. The van der Waals surface area contributed by atoms with Crippen LogP contribution in [0.2, 0.25) is 10.0 Å². The second-order valence-electron chi connectivity index (χ2n) is 6.32. The average molecular weight is 490 g/mol. The van der Waals surface area contributed by atoms with Crippen molar-refractivity contribution >= 4 is 39.1 Å². The van der Waals surface area contributed by atoms with Crippen molar-refractivity contribution in [1.29, 1.82) is 0 Å². The van der Waals surface area contributed by atoms with Gasteiger partial charge in [0.05, 0.1) is 7.11 Å². The summed E-state index contributed by atoms with van der Waals surface area (Å²) >= 11 is 15.8. The Morgan fingerprint density at radius 2 is 1.79 bits per heavy atom. The van der Waals surface area contributed by atoms with Gasteiger partial charge in [0.25, 0.3) is 0 Å². The number of hydrogen-bond acceptors (Lipinski definition) is 4. The smallest absolute Gasteiger partial charge is 0.162 e. The topological polar surface area (TPSA) is 33.7 Å². The highest BCUT2D eigenvalue weighted by Gasteiger charge is 2.12. The van der Waals surface area contributed by atoms with Gasteiger partial charge in [0.1, 0.15) is 6.61 Å². The first-order valence-corrected chi connectivity index (χ1v) is 10.9. The lowest BCUT2D eigenvalue weighted by molar-refractivity contribution is 0.284. The van der Waals surface area contributed by atoms with Gasteiger partial charge in [0.15, 0.2) is 11.5 Å². The summed E-state index contributed by atoms with van der Waals surface area (Å²) in [6.45, 7) is 9.55. The number of benzene rings is 2. The van der Waals surface area contributed by atoms with E-state index in [1.807, 2.05) is 18.2 Å². The van der Waals surface area contributed by atoms with Crippen LogP contribution < -0.4 is 14.8 Å². The van der Waals surface area contributed by atoms with Crippen LogP contribution in [0.1, 0.15) is 25.0 Å². The predicted octanol–water partition coefficient (Wildman–Crippen LogP) is 5.77. The zero-order chi connectivity index (χ0) is 20.5. The molecule has 0 radical (unpaired) electrons. The van der Waals surface area contributed by atoms with Crippen LogP contribution >= 0.6 is 39.1 Å². The molecule has 0 aliphatic carbocycles. The van der Waals surface area contributed by atoms with Crippen molar-refractivity contribution in [2.75, 3.05) is 33.3 Å². The second-order valence-corrected chi connectivity index (χ2v) is 8.02. The van der Waals surface area contributed by atoms with Gasteiger partial charge in [-0.1, -0.05) is 59.0 Å². The minimum atomic E-state index is 0.334. The first-order valence-electron chi connectivity index (χ1n) is 9.34. The van der Waals surface area contributed by atoms with E-state index in [-0.39, 0.29) is 0 Å². The molecule has 7 heteroatoms.